The molecule has 3 aromatic rings. The Kier molecular flexibility index (Phi) is 7.95. The van der Waals surface area contributed by atoms with E-state index in [1.165, 1.54) is 10.1 Å². The number of fused-ring (bicyclic) bond motifs is 1. The van der Waals surface area contributed by atoms with Crippen LogP contribution in [-0.4, -0.2) is 86.1 Å². The first-order valence-corrected chi connectivity index (χ1v) is 14.9. The Morgan fingerprint density at radius 3 is 2.08 bits per heavy atom. The number of nitriles is 1. The summed E-state index contributed by atoms with van der Waals surface area (Å²) in [5.74, 6) is 1.94. The van der Waals surface area contributed by atoms with Crippen LogP contribution in [0.15, 0.2) is 42.6 Å². The van der Waals surface area contributed by atoms with E-state index in [0.717, 1.165) is 96.3 Å². The van der Waals surface area contributed by atoms with Crippen LogP contribution in [0.2, 0.25) is 0 Å². The zero-order valence-electron chi connectivity index (χ0n) is 22.4. The molecule has 0 atom stereocenters. The van der Waals surface area contributed by atoms with Gasteiger partial charge in [-0.3, -0.25) is 0 Å². The van der Waals surface area contributed by atoms with E-state index in [1.54, 1.807) is 17.7 Å². The fourth-order valence-corrected chi connectivity index (χ4v) is 7.05. The third-order valence-corrected chi connectivity index (χ3v) is 9.21. The number of morpholine rings is 2. The second-order valence-corrected chi connectivity index (χ2v) is 11.7. The van der Waals surface area contributed by atoms with E-state index in [4.69, 9.17) is 13.8 Å². The molecule has 4 fully saturated rings. The molecule has 2 aromatic heterocycles. The summed E-state index contributed by atoms with van der Waals surface area (Å²) in [7, 11) is 0. The molecule has 10 heteroatoms. The highest BCUT2D eigenvalue weighted by molar-refractivity contribution is 7.13. The molecule has 0 radical (unpaired) electrons. The molecule has 1 aromatic carbocycles. The number of piperidine rings is 2. The minimum absolute atomic E-state index is 0.0359. The Morgan fingerprint density at radius 1 is 0.821 bits per heavy atom. The van der Waals surface area contributed by atoms with Crippen molar-refractivity contribution in [2.24, 2.45) is 0 Å². The maximum atomic E-state index is 9.19. The van der Waals surface area contributed by atoms with Gasteiger partial charge in [0.1, 0.15) is 17.7 Å². The van der Waals surface area contributed by atoms with Gasteiger partial charge in [0.05, 0.1) is 34.7 Å². The molecular formula is C29H37N7O2S. The van der Waals surface area contributed by atoms with Crippen molar-refractivity contribution in [3.05, 3.63) is 48.2 Å². The van der Waals surface area contributed by atoms with Crippen molar-refractivity contribution < 1.29 is 9.47 Å². The van der Waals surface area contributed by atoms with Crippen molar-refractivity contribution in [1.82, 2.24) is 20.0 Å². The number of ether oxygens (including phenoxy) is 2. The van der Waals surface area contributed by atoms with Crippen molar-refractivity contribution in [3.8, 4) is 6.07 Å². The molecule has 2 N–H and O–H groups in total. The number of nitrogens with zero attached hydrogens (tertiary/aromatic N) is 5. The predicted octanol–water partition coefficient (Wildman–Crippen LogP) is 3.17. The number of hydrogen-bond acceptors (Lipinski definition) is 10. The molecule has 7 rings (SSSR count). The van der Waals surface area contributed by atoms with Crippen LogP contribution in [0.3, 0.4) is 0 Å². The second-order valence-electron chi connectivity index (χ2n) is 10.9. The Morgan fingerprint density at radius 2 is 1.44 bits per heavy atom. The molecule has 206 valence electrons. The Labute approximate surface area is 234 Å². The van der Waals surface area contributed by atoms with Crippen LogP contribution in [0.4, 0.5) is 11.6 Å². The monoisotopic (exact) mass is 547 g/mol. The Hall–Kier alpha value is -2.81. The average Bonchev–Trinajstić information content (AvgIpc) is 3.43. The van der Waals surface area contributed by atoms with Gasteiger partial charge in [-0.05, 0) is 87.7 Å². The van der Waals surface area contributed by atoms with Gasteiger partial charge in [0, 0.05) is 37.8 Å². The lowest BCUT2D eigenvalue weighted by atomic mass is 9.90. The topological polar surface area (TPSA) is 98.6 Å². The third kappa shape index (κ3) is 5.74. The summed E-state index contributed by atoms with van der Waals surface area (Å²) in [6.45, 7) is 9.21. The first-order valence-electron chi connectivity index (χ1n) is 14.1. The molecule has 4 aliphatic rings. The fourth-order valence-electron chi connectivity index (χ4n) is 6.26. The van der Waals surface area contributed by atoms with Crippen molar-refractivity contribution in [2.75, 3.05) is 75.4 Å². The molecule has 39 heavy (non-hydrogen) atoms. The maximum absolute atomic E-state index is 9.19. The quantitative estimate of drug-likeness (QED) is 0.501. The van der Waals surface area contributed by atoms with Gasteiger partial charge in [0.2, 0.25) is 0 Å². The largest absolute Gasteiger partial charge is 0.371 e. The standard InChI is InChI=1S/C15H19N3OS.C14H18N4O/c1-2-4-13-12(3-1)14(17-20-13)18-9-10-19-15(11-18)5-7-16-8-6-15;15-10-12-2-1-5-17-13(12)18-8-9-19-14(11-18)3-6-16-7-4-14/h1-4,16H,5-11H2;1-2,5,16H,3-4,6-9,11H2. The first-order chi connectivity index (χ1) is 19.2. The SMILES string of the molecule is N#Cc1cccnc1N1CCOC2(CCNCC2)C1.c1ccc2c(N3CCOC4(CCNCC4)C3)nsc2c1. The summed E-state index contributed by atoms with van der Waals surface area (Å²) in [4.78, 5) is 9.01. The highest BCUT2D eigenvalue weighted by Crippen LogP contribution is 2.35. The molecule has 0 unspecified atom stereocenters. The summed E-state index contributed by atoms with van der Waals surface area (Å²) in [5.41, 5.74) is 0.621. The van der Waals surface area contributed by atoms with E-state index in [9.17, 15) is 5.26 Å². The van der Waals surface area contributed by atoms with E-state index >= 15 is 0 Å². The lowest BCUT2D eigenvalue weighted by Crippen LogP contribution is -2.56. The van der Waals surface area contributed by atoms with Gasteiger partial charge in [-0.2, -0.15) is 9.64 Å². The molecule has 0 aliphatic carbocycles. The molecular weight excluding hydrogens is 510 g/mol. The molecule has 4 saturated heterocycles. The van der Waals surface area contributed by atoms with E-state index in [1.807, 2.05) is 12.1 Å². The van der Waals surface area contributed by atoms with Gasteiger partial charge in [-0.15, -0.1) is 0 Å². The molecule has 6 heterocycles. The molecule has 9 nitrogen and oxygen atoms in total. The first kappa shape index (κ1) is 26.4. The van der Waals surface area contributed by atoms with Crippen molar-refractivity contribution in [2.45, 2.75) is 36.9 Å². The second kappa shape index (κ2) is 11.7. The highest BCUT2D eigenvalue weighted by Gasteiger charge is 2.39. The molecule has 0 saturated carbocycles. The molecule has 4 aliphatic heterocycles. The molecule has 0 amide bonds. The van der Waals surface area contributed by atoms with Crippen LogP contribution >= 0.6 is 11.5 Å². The van der Waals surface area contributed by atoms with Gasteiger partial charge >= 0.3 is 0 Å². The fraction of sp³-hybridized carbons (Fsp3) is 0.552. The average molecular weight is 548 g/mol. The van der Waals surface area contributed by atoms with E-state index in [0.29, 0.717) is 12.2 Å². The van der Waals surface area contributed by atoms with Gasteiger partial charge in [-0.1, -0.05) is 12.1 Å². The number of benzene rings is 1. The number of rotatable bonds is 2. The van der Waals surface area contributed by atoms with Crippen LogP contribution in [0, 0.1) is 11.3 Å². The van der Waals surface area contributed by atoms with Gasteiger partial charge in [0.25, 0.3) is 0 Å². The van der Waals surface area contributed by atoms with Crippen LogP contribution in [0.5, 0.6) is 0 Å². The summed E-state index contributed by atoms with van der Waals surface area (Å²) in [6.07, 6.45) is 6.01. The predicted molar refractivity (Wildman–Crippen MR) is 155 cm³/mol. The highest BCUT2D eigenvalue weighted by atomic mass is 32.1. The summed E-state index contributed by atoms with van der Waals surface area (Å²) < 4.78 is 18.1. The lowest BCUT2D eigenvalue weighted by Gasteiger charge is -2.45. The van der Waals surface area contributed by atoms with E-state index in [2.05, 4.69) is 55.8 Å². The Bertz CT molecular complexity index is 1290. The van der Waals surface area contributed by atoms with Crippen LogP contribution in [-0.2, 0) is 9.47 Å². The zero-order valence-corrected chi connectivity index (χ0v) is 23.2. The van der Waals surface area contributed by atoms with E-state index in [-0.39, 0.29) is 11.2 Å². The van der Waals surface area contributed by atoms with Crippen LogP contribution < -0.4 is 20.4 Å². The minimum Gasteiger partial charge on any atom is -0.371 e. The molecule has 0 bridgehead atoms. The van der Waals surface area contributed by atoms with Crippen molar-refractivity contribution >= 4 is 33.3 Å². The number of pyridine rings is 1. The van der Waals surface area contributed by atoms with Crippen molar-refractivity contribution in [1.29, 1.82) is 5.26 Å². The maximum Gasteiger partial charge on any atom is 0.150 e. The Balaban J connectivity index is 0.000000142. The minimum atomic E-state index is -0.0618. The normalized spacial score (nSPS) is 22.3. The number of anilines is 2. The molecule has 2 spiro atoms. The zero-order chi connectivity index (χ0) is 26.5. The van der Waals surface area contributed by atoms with Crippen molar-refractivity contribution in [3.63, 3.8) is 0 Å². The van der Waals surface area contributed by atoms with Gasteiger partial charge in [0.15, 0.2) is 0 Å². The van der Waals surface area contributed by atoms with Crippen LogP contribution in [0.1, 0.15) is 31.2 Å². The summed E-state index contributed by atoms with van der Waals surface area (Å²) >= 11 is 1.60. The smallest absolute Gasteiger partial charge is 0.150 e. The summed E-state index contributed by atoms with van der Waals surface area (Å²) in [5, 5.41) is 17.3. The van der Waals surface area contributed by atoms with Crippen LogP contribution in [0.25, 0.3) is 10.1 Å². The number of hydrogen-bond donors (Lipinski definition) is 2. The third-order valence-electron chi connectivity index (χ3n) is 8.39. The number of nitrogens with one attached hydrogen (secondary N) is 2. The van der Waals surface area contributed by atoms with Gasteiger partial charge < -0.3 is 29.9 Å². The van der Waals surface area contributed by atoms with Gasteiger partial charge in [-0.25, -0.2) is 4.98 Å². The lowest BCUT2D eigenvalue weighted by molar-refractivity contribution is -0.0742. The summed E-state index contributed by atoms with van der Waals surface area (Å²) in [6, 6.07) is 14.4. The number of aromatic nitrogens is 2. The van der Waals surface area contributed by atoms with E-state index < -0.39 is 0 Å².